The number of rotatable bonds is 6. The Morgan fingerprint density at radius 1 is 1.21 bits per heavy atom. The summed E-state index contributed by atoms with van der Waals surface area (Å²) in [7, 11) is 0. The fourth-order valence-corrected chi connectivity index (χ4v) is 1.96. The number of benzene rings is 2. The largest absolute Gasteiger partial charge is 0.480 e. The predicted molar refractivity (Wildman–Crippen MR) is 86.8 cm³/mol. The van der Waals surface area contributed by atoms with Gasteiger partial charge in [0.25, 0.3) is 17.5 Å². The van der Waals surface area contributed by atoms with Crippen LogP contribution in [-0.2, 0) is 4.79 Å². The molecule has 2 aromatic carbocycles. The van der Waals surface area contributed by atoms with E-state index in [0.29, 0.717) is 0 Å². The van der Waals surface area contributed by atoms with E-state index in [1.54, 1.807) is 12.1 Å². The van der Waals surface area contributed by atoms with Crippen molar-refractivity contribution in [3.63, 3.8) is 0 Å². The van der Waals surface area contributed by atoms with Crippen molar-refractivity contribution in [2.75, 3.05) is 5.32 Å². The Labute approximate surface area is 137 Å². The molecule has 0 saturated carbocycles. The maximum atomic E-state index is 12.2. The van der Waals surface area contributed by atoms with Gasteiger partial charge in [-0.15, -0.1) is 0 Å². The lowest BCUT2D eigenvalue weighted by molar-refractivity contribution is -0.384. The molecule has 0 aromatic heterocycles. The molecule has 24 heavy (non-hydrogen) atoms. The lowest BCUT2D eigenvalue weighted by Gasteiger charge is -2.16. The summed E-state index contributed by atoms with van der Waals surface area (Å²) in [6.45, 7) is 1.49. The highest BCUT2D eigenvalue weighted by Gasteiger charge is 2.18. The van der Waals surface area contributed by atoms with Crippen molar-refractivity contribution in [3.8, 4) is 5.75 Å². The Morgan fingerprint density at radius 2 is 1.92 bits per heavy atom. The fourth-order valence-electron chi connectivity index (χ4n) is 1.96. The number of hydrogen-bond donors (Lipinski definition) is 2. The zero-order valence-electron chi connectivity index (χ0n) is 12.8. The zero-order valence-corrected chi connectivity index (χ0v) is 12.8. The summed E-state index contributed by atoms with van der Waals surface area (Å²) in [6.07, 6.45) is -0.940. The van der Waals surface area contributed by atoms with Crippen LogP contribution in [-0.4, -0.2) is 22.8 Å². The molecule has 1 atom stereocenters. The van der Waals surface area contributed by atoms with E-state index in [1.165, 1.54) is 43.3 Å². The van der Waals surface area contributed by atoms with Gasteiger partial charge in [-0.25, -0.2) is 0 Å². The Bertz CT molecular complexity index is 791. The lowest BCUT2D eigenvalue weighted by atomic mass is 10.2. The van der Waals surface area contributed by atoms with Crippen LogP contribution >= 0.6 is 0 Å². The number of para-hydroxylation sites is 1. The summed E-state index contributed by atoms with van der Waals surface area (Å²) in [5.74, 6) is -1.00. The third kappa shape index (κ3) is 4.07. The van der Waals surface area contributed by atoms with E-state index >= 15 is 0 Å². The van der Waals surface area contributed by atoms with Crippen LogP contribution in [0.1, 0.15) is 17.3 Å². The molecular weight excluding hydrogens is 314 g/mol. The molecule has 8 heteroatoms. The van der Waals surface area contributed by atoms with Crippen LogP contribution in [0.2, 0.25) is 0 Å². The summed E-state index contributed by atoms with van der Waals surface area (Å²) in [5.41, 5.74) is 5.54. The van der Waals surface area contributed by atoms with Gasteiger partial charge in [0.1, 0.15) is 5.75 Å². The molecule has 0 bridgehead atoms. The molecule has 2 amide bonds. The number of carbonyl (C=O) groups is 2. The maximum absolute atomic E-state index is 12.2. The van der Waals surface area contributed by atoms with Crippen LogP contribution in [0.25, 0.3) is 0 Å². The molecule has 0 saturated heterocycles. The van der Waals surface area contributed by atoms with Crippen LogP contribution < -0.4 is 15.8 Å². The Morgan fingerprint density at radius 3 is 2.58 bits per heavy atom. The van der Waals surface area contributed by atoms with Crippen molar-refractivity contribution in [1.29, 1.82) is 0 Å². The molecule has 8 nitrogen and oxygen atoms in total. The van der Waals surface area contributed by atoms with Crippen LogP contribution in [0.3, 0.4) is 0 Å². The number of non-ortho nitro benzene ring substituents is 1. The van der Waals surface area contributed by atoms with Crippen molar-refractivity contribution in [2.45, 2.75) is 13.0 Å². The quantitative estimate of drug-likeness (QED) is 0.620. The minimum Gasteiger partial charge on any atom is -0.480 e. The minimum absolute atomic E-state index is 0.138. The van der Waals surface area contributed by atoms with Gasteiger partial charge < -0.3 is 15.8 Å². The van der Waals surface area contributed by atoms with Crippen molar-refractivity contribution in [3.05, 3.63) is 64.2 Å². The van der Waals surface area contributed by atoms with E-state index in [9.17, 15) is 19.7 Å². The SMILES string of the molecule is CC(Oc1ccccc1C(N)=O)C(=O)Nc1cccc([N+](=O)[O-])c1. The van der Waals surface area contributed by atoms with E-state index in [1.807, 2.05) is 0 Å². The molecule has 2 aromatic rings. The number of hydrogen-bond acceptors (Lipinski definition) is 5. The molecule has 2 rings (SSSR count). The number of anilines is 1. The van der Waals surface area contributed by atoms with E-state index < -0.39 is 22.8 Å². The summed E-state index contributed by atoms with van der Waals surface area (Å²) in [6, 6.07) is 11.8. The van der Waals surface area contributed by atoms with Gasteiger partial charge in [0, 0.05) is 17.8 Å². The second kappa shape index (κ2) is 7.23. The summed E-state index contributed by atoms with van der Waals surface area (Å²) >= 11 is 0. The highest BCUT2D eigenvalue weighted by molar-refractivity contribution is 5.97. The van der Waals surface area contributed by atoms with E-state index in [0.717, 1.165) is 0 Å². The van der Waals surface area contributed by atoms with Crippen LogP contribution in [0.15, 0.2) is 48.5 Å². The first-order chi connectivity index (χ1) is 11.4. The predicted octanol–water partition coefficient (Wildman–Crippen LogP) is 2.10. The van der Waals surface area contributed by atoms with Crippen molar-refractivity contribution in [2.24, 2.45) is 5.73 Å². The number of nitro groups is 1. The standard InChI is InChI=1S/C16H15N3O5/c1-10(24-14-8-3-2-7-13(14)15(17)20)16(21)18-11-5-4-6-12(9-11)19(22)23/h2-10H,1H3,(H2,17,20)(H,18,21). The van der Waals surface area contributed by atoms with Gasteiger partial charge in [-0.05, 0) is 25.1 Å². The maximum Gasteiger partial charge on any atom is 0.271 e. The molecule has 0 aliphatic rings. The molecule has 1 unspecified atom stereocenters. The van der Waals surface area contributed by atoms with Gasteiger partial charge in [0.15, 0.2) is 6.10 Å². The molecule has 0 aliphatic carbocycles. The number of ether oxygens (including phenoxy) is 1. The highest BCUT2D eigenvalue weighted by Crippen LogP contribution is 2.20. The van der Waals surface area contributed by atoms with Gasteiger partial charge >= 0.3 is 0 Å². The van der Waals surface area contributed by atoms with Crippen LogP contribution in [0, 0.1) is 10.1 Å². The number of carbonyl (C=O) groups excluding carboxylic acids is 2. The Balaban J connectivity index is 2.09. The van der Waals surface area contributed by atoms with E-state index in [4.69, 9.17) is 10.5 Å². The number of nitro benzene ring substituents is 1. The molecule has 0 aliphatic heterocycles. The zero-order chi connectivity index (χ0) is 17.7. The van der Waals surface area contributed by atoms with Crippen LogP contribution in [0.5, 0.6) is 5.75 Å². The Hall–Kier alpha value is -3.42. The van der Waals surface area contributed by atoms with Gasteiger partial charge in [-0.2, -0.15) is 0 Å². The number of nitrogens with one attached hydrogen (secondary N) is 1. The topological polar surface area (TPSA) is 125 Å². The molecule has 0 fully saturated rings. The average molecular weight is 329 g/mol. The minimum atomic E-state index is -0.940. The van der Waals surface area contributed by atoms with E-state index in [-0.39, 0.29) is 22.7 Å². The normalized spacial score (nSPS) is 11.4. The molecule has 0 radical (unpaired) electrons. The lowest BCUT2D eigenvalue weighted by Crippen LogP contribution is -2.30. The number of amides is 2. The summed E-state index contributed by atoms with van der Waals surface area (Å²) in [4.78, 5) is 33.7. The molecule has 3 N–H and O–H groups in total. The number of nitrogens with zero attached hydrogens (tertiary/aromatic N) is 1. The molecule has 0 spiro atoms. The monoisotopic (exact) mass is 329 g/mol. The van der Waals surface area contributed by atoms with E-state index in [2.05, 4.69) is 5.32 Å². The van der Waals surface area contributed by atoms with Gasteiger partial charge in [0.2, 0.25) is 0 Å². The van der Waals surface area contributed by atoms with Crippen molar-refractivity contribution < 1.29 is 19.2 Å². The van der Waals surface area contributed by atoms with Crippen LogP contribution in [0.4, 0.5) is 11.4 Å². The molecule has 0 heterocycles. The number of primary amides is 1. The third-order valence-corrected chi connectivity index (χ3v) is 3.15. The Kier molecular flexibility index (Phi) is 5.10. The highest BCUT2D eigenvalue weighted by atomic mass is 16.6. The van der Waals surface area contributed by atoms with Crippen molar-refractivity contribution in [1.82, 2.24) is 0 Å². The summed E-state index contributed by atoms with van der Waals surface area (Å²) in [5, 5.41) is 13.3. The van der Waals surface area contributed by atoms with Gasteiger partial charge in [0.05, 0.1) is 10.5 Å². The second-order valence-corrected chi connectivity index (χ2v) is 4.92. The first-order valence-corrected chi connectivity index (χ1v) is 6.99. The molecule has 124 valence electrons. The fraction of sp³-hybridized carbons (Fsp3) is 0.125. The van der Waals surface area contributed by atoms with Gasteiger partial charge in [-0.1, -0.05) is 18.2 Å². The average Bonchev–Trinajstić information content (AvgIpc) is 2.55. The van der Waals surface area contributed by atoms with Gasteiger partial charge in [-0.3, -0.25) is 19.7 Å². The third-order valence-electron chi connectivity index (χ3n) is 3.15. The second-order valence-electron chi connectivity index (χ2n) is 4.92. The smallest absolute Gasteiger partial charge is 0.271 e. The van der Waals surface area contributed by atoms with Crippen molar-refractivity contribution >= 4 is 23.2 Å². The first kappa shape index (κ1) is 16.9. The first-order valence-electron chi connectivity index (χ1n) is 6.99. The number of nitrogens with two attached hydrogens (primary N) is 1. The summed E-state index contributed by atoms with van der Waals surface area (Å²) < 4.78 is 5.47. The molecular formula is C16H15N3O5.